The van der Waals surface area contributed by atoms with E-state index in [-0.39, 0.29) is 18.9 Å². The van der Waals surface area contributed by atoms with Gasteiger partial charge in [0.1, 0.15) is 0 Å². The van der Waals surface area contributed by atoms with Gasteiger partial charge in [-0.25, -0.2) is 0 Å². The first-order chi connectivity index (χ1) is 9.50. The molecule has 1 atom stereocenters. The molecule has 1 unspecified atom stereocenters. The van der Waals surface area contributed by atoms with Gasteiger partial charge in [0.15, 0.2) is 0 Å². The van der Waals surface area contributed by atoms with E-state index in [1.807, 2.05) is 0 Å². The first-order valence-corrected chi connectivity index (χ1v) is 6.46. The van der Waals surface area contributed by atoms with Gasteiger partial charge in [0.2, 0.25) is 0 Å². The lowest BCUT2D eigenvalue weighted by Gasteiger charge is -2.35. The van der Waals surface area contributed by atoms with Crippen LogP contribution in [0.1, 0.15) is 22.3 Å². The quantitative estimate of drug-likeness (QED) is 0.801. The molecule has 108 valence electrons. The third-order valence-electron chi connectivity index (χ3n) is 3.50. The Morgan fingerprint density at radius 3 is 2.95 bits per heavy atom. The molecule has 1 saturated heterocycles. The molecule has 0 spiro atoms. The Balaban J connectivity index is 2.25. The second-order valence-corrected chi connectivity index (χ2v) is 4.84. The van der Waals surface area contributed by atoms with Crippen molar-refractivity contribution >= 4 is 17.6 Å². The third kappa shape index (κ3) is 2.91. The highest BCUT2D eigenvalue weighted by molar-refractivity contribution is 5.97. The van der Waals surface area contributed by atoms with E-state index in [0.717, 1.165) is 5.56 Å². The number of hydrogen-bond donors (Lipinski definition) is 2. The van der Waals surface area contributed by atoms with Crippen molar-refractivity contribution in [3.8, 4) is 0 Å². The number of carboxylic acid groups (broad SMARTS) is 1. The van der Waals surface area contributed by atoms with Crippen molar-refractivity contribution in [3.63, 3.8) is 0 Å². The number of morpholine rings is 1. The summed E-state index contributed by atoms with van der Waals surface area (Å²) in [6.07, 6.45) is -0.118. The summed E-state index contributed by atoms with van der Waals surface area (Å²) in [6.45, 7) is 2.85. The lowest BCUT2D eigenvalue weighted by Crippen LogP contribution is -2.49. The van der Waals surface area contributed by atoms with Crippen molar-refractivity contribution in [1.82, 2.24) is 4.90 Å². The fourth-order valence-corrected chi connectivity index (χ4v) is 2.33. The summed E-state index contributed by atoms with van der Waals surface area (Å²) >= 11 is 0. The summed E-state index contributed by atoms with van der Waals surface area (Å²) in [5.41, 5.74) is 7.60. The molecule has 1 aliphatic heterocycles. The van der Waals surface area contributed by atoms with Crippen LogP contribution in [0.5, 0.6) is 0 Å². The minimum Gasteiger partial charge on any atom is -0.481 e. The zero-order valence-corrected chi connectivity index (χ0v) is 11.3. The molecule has 0 aliphatic carbocycles. The minimum atomic E-state index is -0.942. The van der Waals surface area contributed by atoms with E-state index >= 15 is 0 Å². The lowest BCUT2D eigenvalue weighted by atomic mass is 10.0. The highest BCUT2D eigenvalue weighted by Crippen LogP contribution is 2.20. The van der Waals surface area contributed by atoms with Gasteiger partial charge in [-0.3, -0.25) is 9.59 Å². The zero-order chi connectivity index (χ0) is 14.7. The van der Waals surface area contributed by atoms with Gasteiger partial charge in [0.05, 0.1) is 25.7 Å². The van der Waals surface area contributed by atoms with Gasteiger partial charge in [-0.15, -0.1) is 0 Å². The highest BCUT2D eigenvalue weighted by Gasteiger charge is 2.30. The van der Waals surface area contributed by atoms with E-state index in [1.165, 1.54) is 0 Å². The molecule has 6 nitrogen and oxygen atoms in total. The average molecular weight is 278 g/mol. The summed E-state index contributed by atoms with van der Waals surface area (Å²) < 4.78 is 5.27. The Morgan fingerprint density at radius 2 is 2.25 bits per heavy atom. The summed E-state index contributed by atoms with van der Waals surface area (Å²) in [6, 6.07) is 4.73. The molecule has 6 heteroatoms. The summed E-state index contributed by atoms with van der Waals surface area (Å²) in [7, 11) is 0. The zero-order valence-electron chi connectivity index (χ0n) is 11.3. The number of benzene rings is 1. The van der Waals surface area contributed by atoms with Crippen molar-refractivity contribution < 1.29 is 19.4 Å². The molecular formula is C14H18N2O4. The van der Waals surface area contributed by atoms with Crippen molar-refractivity contribution in [3.05, 3.63) is 29.3 Å². The third-order valence-corrected chi connectivity index (χ3v) is 3.50. The molecular weight excluding hydrogens is 260 g/mol. The SMILES string of the molecule is Cc1c(N)cccc1C(=O)N1CCOCC1CC(=O)O. The van der Waals surface area contributed by atoms with E-state index in [1.54, 1.807) is 30.0 Å². The van der Waals surface area contributed by atoms with E-state index in [0.29, 0.717) is 24.4 Å². The number of carbonyl (C=O) groups is 2. The number of carbonyl (C=O) groups excluding carboxylic acids is 1. The van der Waals surface area contributed by atoms with E-state index in [4.69, 9.17) is 15.6 Å². The topological polar surface area (TPSA) is 92.9 Å². The molecule has 1 aromatic carbocycles. The summed E-state index contributed by atoms with van der Waals surface area (Å²) in [5.74, 6) is -1.13. The Morgan fingerprint density at radius 1 is 1.50 bits per heavy atom. The fourth-order valence-electron chi connectivity index (χ4n) is 2.33. The van der Waals surface area contributed by atoms with Crippen LogP contribution in [0.15, 0.2) is 18.2 Å². The summed E-state index contributed by atoms with van der Waals surface area (Å²) in [5, 5.41) is 8.92. The van der Waals surface area contributed by atoms with Gasteiger partial charge in [-0.05, 0) is 24.6 Å². The van der Waals surface area contributed by atoms with Gasteiger partial charge in [0, 0.05) is 17.8 Å². The molecule has 1 aromatic rings. The number of ether oxygens (including phenoxy) is 1. The number of nitrogens with two attached hydrogens (primary N) is 1. The minimum absolute atomic E-state index is 0.118. The molecule has 3 N–H and O–H groups in total. The van der Waals surface area contributed by atoms with Gasteiger partial charge in [-0.2, -0.15) is 0 Å². The molecule has 20 heavy (non-hydrogen) atoms. The second-order valence-electron chi connectivity index (χ2n) is 4.84. The number of nitrogens with zero attached hydrogens (tertiary/aromatic N) is 1. The largest absolute Gasteiger partial charge is 0.481 e. The van der Waals surface area contributed by atoms with Crippen molar-refractivity contribution in [1.29, 1.82) is 0 Å². The van der Waals surface area contributed by atoms with Gasteiger partial charge in [0.25, 0.3) is 5.91 Å². The number of rotatable bonds is 3. The number of nitrogen functional groups attached to an aromatic ring is 1. The first kappa shape index (κ1) is 14.3. The van der Waals surface area contributed by atoms with E-state index in [2.05, 4.69) is 0 Å². The van der Waals surface area contributed by atoms with Crippen molar-refractivity contribution in [2.45, 2.75) is 19.4 Å². The van der Waals surface area contributed by atoms with E-state index in [9.17, 15) is 9.59 Å². The number of carboxylic acids is 1. The fraction of sp³-hybridized carbons (Fsp3) is 0.429. The number of hydrogen-bond acceptors (Lipinski definition) is 4. The number of aliphatic carboxylic acids is 1. The van der Waals surface area contributed by atoms with Crippen LogP contribution in [0.3, 0.4) is 0 Å². The van der Waals surface area contributed by atoms with Crippen LogP contribution in [0.25, 0.3) is 0 Å². The Kier molecular flexibility index (Phi) is 4.24. The van der Waals surface area contributed by atoms with Crippen molar-refractivity contribution in [2.75, 3.05) is 25.5 Å². The van der Waals surface area contributed by atoms with Gasteiger partial charge in [-0.1, -0.05) is 6.07 Å². The molecule has 1 amide bonds. The van der Waals surface area contributed by atoms with Crippen LogP contribution >= 0.6 is 0 Å². The Hall–Kier alpha value is -2.08. The molecule has 0 aromatic heterocycles. The molecule has 1 aliphatic rings. The predicted octanol–water partition coefficient (Wildman–Crippen LogP) is 0.893. The smallest absolute Gasteiger partial charge is 0.305 e. The molecule has 1 fully saturated rings. The number of anilines is 1. The van der Waals surface area contributed by atoms with Crippen molar-refractivity contribution in [2.24, 2.45) is 0 Å². The normalized spacial score (nSPS) is 18.9. The molecule has 2 rings (SSSR count). The maximum atomic E-state index is 12.6. The van der Waals surface area contributed by atoms with Crippen LogP contribution < -0.4 is 5.73 Å². The maximum Gasteiger partial charge on any atom is 0.305 e. The second kappa shape index (κ2) is 5.92. The standard InChI is InChI=1S/C14H18N2O4/c1-9-11(3-2-4-12(9)15)14(19)16-5-6-20-8-10(16)7-13(17)18/h2-4,10H,5-8,15H2,1H3,(H,17,18). The molecule has 1 heterocycles. The maximum absolute atomic E-state index is 12.6. The molecule has 0 bridgehead atoms. The van der Waals surface area contributed by atoms with Gasteiger partial charge >= 0.3 is 5.97 Å². The van der Waals surface area contributed by atoms with Crippen LogP contribution in [0.4, 0.5) is 5.69 Å². The number of amides is 1. The van der Waals surface area contributed by atoms with E-state index < -0.39 is 12.0 Å². The first-order valence-electron chi connectivity index (χ1n) is 6.46. The Bertz CT molecular complexity index is 530. The highest BCUT2D eigenvalue weighted by atomic mass is 16.5. The monoisotopic (exact) mass is 278 g/mol. The van der Waals surface area contributed by atoms with Crippen LogP contribution in [-0.4, -0.2) is 47.7 Å². The van der Waals surface area contributed by atoms with Crippen LogP contribution in [-0.2, 0) is 9.53 Å². The van der Waals surface area contributed by atoms with Crippen LogP contribution in [0.2, 0.25) is 0 Å². The molecule has 0 radical (unpaired) electrons. The van der Waals surface area contributed by atoms with Gasteiger partial charge < -0.3 is 20.5 Å². The molecule has 0 saturated carbocycles. The van der Waals surface area contributed by atoms with Crippen LogP contribution in [0, 0.1) is 6.92 Å². The summed E-state index contributed by atoms with van der Waals surface area (Å²) in [4.78, 5) is 25.0. The predicted molar refractivity (Wildman–Crippen MR) is 73.5 cm³/mol. The average Bonchev–Trinajstić information content (AvgIpc) is 2.41. The lowest BCUT2D eigenvalue weighted by molar-refractivity contribution is -0.139. The Labute approximate surface area is 117 Å².